The third-order valence-corrected chi connectivity index (χ3v) is 6.87. The number of rotatable bonds is 4. The Bertz CT molecular complexity index is 637. The maximum Gasteiger partial charge on any atom is 0.281 e. The minimum absolute atomic E-state index is 0.314. The van der Waals surface area contributed by atoms with Crippen molar-refractivity contribution in [3.8, 4) is 0 Å². The van der Waals surface area contributed by atoms with E-state index >= 15 is 0 Å². The van der Waals surface area contributed by atoms with Crippen LogP contribution in [0.15, 0.2) is 12.4 Å². The Morgan fingerprint density at radius 3 is 2.30 bits per heavy atom. The maximum atomic E-state index is 12.6. The normalized spacial score (nSPS) is 21.7. The van der Waals surface area contributed by atoms with E-state index in [1.807, 2.05) is 20.0 Å². The van der Waals surface area contributed by atoms with Crippen LogP contribution >= 0.6 is 0 Å². The summed E-state index contributed by atoms with van der Waals surface area (Å²) in [5.41, 5.74) is 0.941. The van der Waals surface area contributed by atoms with Gasteiger partial charge in [-0.1, -0.05) is 0 Å². The maximum absolute atomic E-state index is 12.6. The number of aromatic nitrogens is 2. The Balaban J connectivity index is 1.62. The molecule has 1 aromatic rings. The Labute approximate surface area is 138 Å². The largest absolute Gasteiger partial charge is 0.356 e. The van der Waals surface area contributed by atoms with Gasteiger partial charge in [0.25, 0.3) is 10.2 Å². The first kappa shape index (κ1) is 16.6. The molecule has 0 saturated carbocycles. The highest BCUT2D eigenvalue weighted by atomic mass is 32.2. The molecule has 0 bridgehead atoms. The van der Waals surface area contributed by atoms with Gasteiger partial charge in [-0.3, -0.25) is 0 Å². The number of hydrogen-bond acceptors (Lipinski definition) is 5. The number of anilines is 1. The van der Waals surface area contributed by atoms with Crippen molar-refractivity contribution >= 4 is 16.0 Å². The fourth-order valence-electron chi connectivity index (χ4n) is 3.36. The van der Waals surface area contributed by atoms with Crippen LogP contribution in [-0.2, 0) is 10.2 Å². The van der Waals surface area contributed by atoms with Crippen molar-refractivity contribution in [2.75, 3.05) is 38.1 Å². The fraction of sp³-hybridized carbons (Fsp3) is 0.733. The standard InChI is InChI=1S/C15H25N5O2S/c1-13-11-15(17-12-16-13)18(2)14-5-9-20(10-6-14)23(21,22)19-7-3-4-8-19/h11-12,14H,3-10H2,1-2H3. The average Bonchev–Trinajstić information content (AvgIpc) is 3.09. The third kappa shape index (κ3) is 3.49. The molecule has 0 unspecified atom stereocenters. The van der Waals surface area contributed by atoms with Gasteiger partial charge in [-0.2, -0.15) is 17.0 Å². The van der Waals surface area contributed by atoms with Crippen LogP contribution in [0.2, 0.25) is 0 Å². The highest BCUT2D eigenvalue weighted by Gasteiger charge is 2.35. The van der Waals surface area contributed by atoms with E-state index in [0.717, 1.165) is 37.2 Å². The predicted octanol–water partition coefficient (Wildman–Crippen LogP) is 1.03. The Morgan fingerprint density at radius 2 is 1.70 bits per heavy atom. The molecule has 0 aromatic carbocycles. The molecule has 8 heteroatoms. The lowest BCUT2D eigenvalue weighted by Crippen LogP contribution is -2.50. The lowest BCUT2D eigenvalue weighted by atomic mass is 10.1. The van der Waals surface area contributed by atoms with Gasteiger partial charge in [-0.05, 0) is 32.6 Å². The number of piperidine rings is 1. The summed E-state index contributed by atoms with van der Waals surface area (Å²) in [7, 11) is -1.23. The molecule has 0 spiro atoms. The Kier molecular flexibility index (Phi) is 4.84. The Morgan fingerprint density at radius 1 is 1.09 bits per heavy atom. The van der Waals surface area contributed by atoms with E-state index in [1.165, 1.54) is 0 Å². The van der Waals surface area contributed by atoms with Gasteiger partial charge in [0, 0.05) is 51.0 Å². The molecule has 1 aromatic heterocycles. The van der Waals surface area contributed by atoms with E-state index in [2.05, 4.69) is 14.9 Å². The van der Waals surface area contributed by atoms with E-state index in [9.17, 15) is 8.42 Å². The molecule has 2 aliphatic heterocycles. The monoisotopic (exact) mass is 339 g/mol. The molecule has 3 heterocycles. The minimum Gasteiger partial charge on any atom is -0.356 e. The van der Waals surface area contributed by atoms with Crippen molar-refractivity contribution in [2.45, 2.75) is 38.6 Å². The zero-order chi connectivity index (χ0) is 16.4. The van der Waals surface area contributed by atoms with Gasteiger partial charge < -0.3 is 4.90 Å². The van der Waals surface area contributed by atoms with Crippen molar-refractivity contribution in [3.05, 3.63) is 18.1 Å². The van der Waals surface area contributed by atoms with Crippen LogP contribution in [0.3, 0.4) is 0 Å². The molecule has 23 heavy (non-hydrogen) atoms. The van der Waals surface area contributed by atoms with Crippen LogP contribution in [0.25, 0.3) is 0 Å². The van der Waals surface area contributed by atoms with Gasteiger partial charge in [0.1, 0.15) is 12.1 Å². The fourth-order valence-corrected chi connectivity index (χ4v) is 5.08. The van der Waals surface area contributed by atoms with E-state index in [-0.39, 0.29) is 0 Å². The Hall–Kier alpha value is -1.25. The molecule has 2 fully saturated rings. The van der Waals surface area contributed by atoms with Crippen molar-refractivity contribution in [3.63, 3.8) is 0 Å². The molecule has 3 rings (SSSR count). The second-order valence-electron chi connectivity index (χ2n) is 6.37. The molecule has 128 valence electrons. The lowest BCUT2D eigenvalue weighted by molar-refractivity contribution is 0.292. The SMILES string of the molecule is Cc1cc(N(C)C2CCN(S(=O)(=O)N3CCCC3)CC2)ncn1. The zero-order valence-electron chi connectivity index (χ0n) is 13.8. The van der Waals surface area contributed by atoms with Crippen LogP contribution < -0.4 is 4.90 Å². The molecule has 0 radical (unpaired) electrons. The second kappa shape index (κ2) is 6.70. The van der Waals surface area contributed by atoms with Crippen molar-refractivity contribution in [2.24, 2.45) is 0 Å². The van der Waals surface area contributed by atoms with Gasteiger partial charge in [-0.25, -0.2) is 9.97 Å². The first-order valence-corrected chi connectivity index (χ1v) is 9.65. The summed E-state index contributed by atoms with van der Waals surface area (Å²) >= 11 is 0. The summed E-state index contributed by atoms with van der Waals surface area (Å²) in [5, 5.41) is 0. The van der Waals surface area contributed by atoms with Gasteiger partial charge >= 0.3 is 0 Å². The third-order valence-electron chi connectivity index (χ3n) is 4.84. The number of nitrogens with zero attached hydrogens (tertiary/aromatic N) is 5. The summed E-state index contributed by atoms with van der Waals surface area (Å²) in [5.74, 6) is 0.901. The molecule has 2 aliphatic rings. The smallest absolute Gasteiger partial charge is 0.281 e. The molecule has 0 N–H and O–H groups in total. The van der Waals surface area contributed by atoms with E-state index in [1.54, 1.807) is 14.9 Å². The molecule has 2 saturated heterocycles. The average molecular weight is 339 g/mol. The van der Waals surface area contributed by atoms with Gasteiger partial charge in [0.15, 0.2) is 0 Å². The quantitative estimate of drug-likeness (QED) is 0.819. The van der Waals surface area contributed by atoms with E-state index in [0.29, 0.717) is 32.2 Å². The highest BCUT2D eigenvalue weighted by Crippen LogP contribution is 2.24. The summed E-state index contributed by atoms with van der Waals surface area (Å²) in [6, 6.07) is 2.28. The summed E-state index contributed by atoms with van der Waals surface area (Å²) in [4.78, 5) is 10.6. The summed E-state index contributed by atoms with van der Waals surface area (Å²) < 4.78 is 28.5. The van der Waals surface area contributed by atoms with Crippen LogP contribution in [0.1, 0.15) is 31.4 Å². The zero-order valence-corrected chi connectivity index (χ0v) is 14.7. The predicted molar refractivity (Wildman–Crippen MR) is 89.5 cm³/mol. The van der Waals surface area contributed by atoms with Crippen molar-refractivity contribution < 1.29 is 8.42 Å². The molecule has 0 amide bonds. The minimum atomic E-state index is -3.26. The molecular formula is C15H25N5O2S. The summed E-state index contributed by atoms with van der Waals surface area (Å²) in [6.45, 7) is 4.45. The molecule has 0 aliphatic carbocycles. The number of aryl methyl sites for hydroxylation is 1. The molecular weight excluding hydrogens is 314 g/mol. The van der Waals surface area contributed by atoms with E-state index in [4.69, 9.17) is 0 Å². The lowest BCUT2D eigenvalue weighted by Gasteiger charge is -2.37. The number of hydrogen-bond donors (Lipinski definition) is 0. The molecule has 7 nitrogen and oxygen atoms in total. The van der Waals surface area contributed by atoms with Crippen LogP contribution in [-0.4, -0.2) is 66.3 Å². The first-order valence-electron chi connectivity index (χ1n) is 8.25. The van der Waals surface area contributed by atoms with Crippen LogP contribution in [0.4, 0.5) is 5.82 Å². The van der Waals surface area contributed by atoms with Crippen LogP contribution in [0, 0.1) is 6.92 Å². The van der Waals surface area contributed by atoms with Gasteiger partial charge in [0.2, 0.25) is 0 Å². The highest BCUT2D eigenvalue weighted by molar-refractivity contribution is 7.86. The van der Waals surface area contributed by atoms with Gasteiger partial charge in [0.05, 0.1) is 0 Å². The van der Waals surface area contributed by atoms with Gasteiger partial charge in [-0.15, -0.1) is 0 Å². The van der Waals surface area contributed by atoms with E-state index < -0.39 is 10.2 Å². The second-order valence-corrected chi connectivity index (χ2v) is 8.30. The summed E-state index contributed by atoms with van der Waals surface area (Å²) in [6.07, 6.45) is 5.18. The van der Waals surface area contributed by atoms with Crippen LogP contribution in [0.5, 0.6) is 0 Å². The van der Waals surface area contributed by atoms with Crippen molar-refractivity contribution in [1.82, 2.24) is 18.6 Å². The van der Waals surface area contributed by atoms with Crippen molar-refractivity contribution in [1.29, 1.82) is 0 Å². The topological polar surface area (TPSA) is 69.6 Å². The first-order chi connectivity index (χ1) is 11.0. The molecule has 0 atom stereocenters.